The van der Waals surface area contributed by atoms with E-state index in [1.165, 1.54) is 17.8 Å². The topological polar surface area (TPSA) is 91.4 Å². The molecule has 7 nitrogen and oxygen atoms in total. The number of anilines is 1. The van der Waals surface area contributed by atoms with E-state index in [1.807, 2.05) is 30.3 Å². The van der Waals surface area contributed by atoms with Gasteiger partial charge < -0.3 is 10.6 Å². The van der Waals surface area contributed by atoms with E-state index in [0.717, 1.165) is 36.1 Å². The highest BCUT2D eigenvalue weighted by atomic mass is 32.1. The Labute approximate surface area is 179 Å². The summed E-state index contributed by atoms with van der Waals surface area (Å²) in [5, 5.41) is 7.81. The van der Waals surface area contributed by atoms with E-state index in [0.29, 0.717) is 23.9 Å². The van der Waals surface area contributed by atoms with Gasteiger partial charge in [-0.2, -0.15) is 0 Å². The maximum absolute atomic E-state index is 13.2. The SMILES string of the molecule is O=C(Nc1nccs1)[C@H](CC1CCCCC1)N1C(=O)N[C@@H](Cc2ccccc2)C1=O. The second kappa shape index (κ2) is 9.38. The van der Waals surface area contributed by atoms with Crippen LogP contribution in [-0.2, 0) is 16.0 Å². The molecule has 2 fully saturated rings. The zero-order valence-corrected chi connectivity index (χ0v) is 17.6. The van der Waals surface area contributed by atoms with E-state index in [9.17, 15) is 14.4 Å². The fourth-order valence-electron chi connectivity index (χ4n) is 4.37. The third-order valence-electron chi connectivity index (χ3n) is 5.89. The monoisotopic (exact) mass is 426 g/mol. The van der Waals surface area contributed by atoms with Crippen molar-refractivity contribution in [3.05, 3.63) is 47.5 Å². The number of benzene rings is 1. The average Bonchev–Trinajstić information content (AvgIpc) is 3.36. The van der Waals surface area contributed by atoms with Crippen molar-refractivity contribution in [3.8, 4) is 0 Å². The molecule has 2 heterocycles. The molecule has 4 rings (SSSR count). The summed E-state index contributed by atoms with van der Waals surface area (Å²) in [6.45, 7) is 0. The van der Waals surface area contributed by atoms with Gasteiger partial charge >= 0.3 is 6.03 Å². The van der Waals surface area contributed by atoms with Crippen molar-refractivity contribution in [1.29, 1.82) is 0 Å². The first-order chi connectivity index (χ1) is 14.6. The lowest BCUT2D eigenvalue weighted by Gasteiger charge is -2.30. The maximum Gasteiger partial charge on any atom is 0.325 e. The first-order valence-corrected chi connectivity index (χ1v) is 11.4. The molecular formula is C22H26N4O3S. The molecule has 1 aromatic carbocycles. The number of imide groups is 1. The quantitative estimate of drug-likeness (QED) is 0.662. The number of amides is 4. The number of hydrogen-bond donors (Lipinski definition) is 2. The van der Waals surface area contributed by atoms with Gasteiger partial charge in [0.25, 0.3) is 5.91 Å². The molecule has 158 valence electrons. The minimum absolute atomic E-state index is 0.333. The molecule has 0 spiro atoms. The van der Waals surface area contributed by atoms with Gasteiger partial charge in [-0.1, -0.05) is 62.4 Å². The van der Waals surface area contributed by atoms with Crippen LogP contribution in [0.15, 0.2) is 41.9 Å². The molecule has 2 aliphatic rings. The summed E-state index contributed by atoms with van der Waals surface area (Å²) >= 11 is 1.31. The zero-order valence-electron chi connectivity index (χ0n) is 16.8. The van der Waals surface area contributed by atoms with E-state index in [1.54, 1.807) is 11.6 Å². The largest absolute Gasteiger partial charge is 0.325 e. The Hall–Kier alpha value is -2.74. The molecule has 1 aliphatic heterocycles. The average molecular weight is 427 g/mol. The predicted molar refractivity (Wildman–Crippen MR) is 115 cm³/mol. The fraction of sp³-hybridized carbons (Fsp3) is 0.455. The van der Waals surface area contributed by atoms with Gasteiger partial charge in [-0.25, -0.2) is 14.7 Å². The minimum Gasteiger partial charge on any atom is -0.325 e. The third-order valence-corrected chi connectivity index (χ3v) is 6.58. The van der Waals surface area contributed by atoms with Gasteiger partial charge in [0.1, 0.15) is 12.1 Å². The van der Waals surface area contributed by atoms with Crippen LogP contribution in [0.5, 0.6) is 0 Å². The van der Waals surface area contributed by atoms with Gasteiger partial charge in [0.05, 0.1) is 0 Å². The van der Waals surface area contributed by atoms with Crippen LogP contribution in [0.4, 0.5) is 9.93 Å². The van der Waals surface area contributed by atoms with Crippen molar-refractivity contribution < 1.29 is 14.4 Å². The number of nitrogens with one attached hydrogen (secondary N) is 2. The van der Waals surface area contributed by atoms with E-state index in [2.05, 4.69) is 15.6 Å². The van der Waals surface area contributed by atoms with Crippen molar-refractivity contribution in [3.63, 3.8) is 0 Å². The lowest BCUT2D eigenvalue weighted by atomic mass is 9.84. The maximum atomic E-state index is 13.2. The number of nitrogens with zero attached hydrogens (tertiary/aromatic N) is 2. The van der Waals surface area contributed by atoms with Crippen molar-refractivity contribution in [2.45, 2.75) is 57.0 Å². The molecule has 8 heteroatoms. The van der Waals surface area contributed by atoms with Crippen LogP contribution in [0, 0.1) is 5.92 Å². The number of aromatic nitrogens is 1. The van der Waals surface area contributed by atoms with Crippen LogP contribution in [0.25, 0.3) is 0 Å². The molecule has 30 heavy (non-hydrogen) atoms. The minimum atomic E-state index is -0.828. The van der Waals surface area contributed by atoms with Crippen LogP contribution in [0.2, 0.25) is 0 Å². The first-order valence-electron chi connectivity index (χ1n) is 10.5. The molecule has 0 radical (unpaired) electrons. The Bertz CT molecular complexity index is 881. The molecule has 1 saturated heterocycles. The Morgan fingerprint density at radius 3 is 2.67 bits per heavy atom. The van der Waals surface area contributed by atoms with Gasteiger partial charge in [-0.15, -0.1) is 11.3 Å². The van der Waals surface area contributed by atoms with Crippen LogP contribution < -0.4 is 10.6 Å². The molecule has 2 aromatic rings. The Kier molecular flexibility index (Phi) is 6.42. The summed E-state index contributed by atoms with van der Waals surface area (Å²) in [4.78, 5) is 44.3. The number of thiazole rings is 1. The molecule has 4 amide bonds. The van der Waals surface area contributed by atoms with Gasteiger partial charge in [-0.3, -0.25) is 9.59 Å². The highest BCUT2D eigenvalue weighted by molar-refractivity contribution is 7.13. The molecule has 0 bridgehead atoms. The number of urea groups is 1. The fourth-order valence-corrected chi connectivity index (χ4v) is 4.91. The molecule has 1 aromatic heterocycles. The van der Waals surface area contributed by atoms with Gasteiger partial charge in [0, 0.05) is 18.0 Å². The Morgan fingerprint density at radius 2 is 1.97 bits per heavy atom. The van der Waals surface area contributed by atoms with Crippen LogP contribution in [-0.4, -0.2) is 39.8 Å². The van der Waals surface area contributed by atoms with Crippen LogP contribution >= 0.6 is 11.3 Å². The first kappa shape index (κ1) is 20.5. The lowest BCUT2D eigenvalue weighted by Crippen LogP contribution is -2.49. The van der Waals surface area contributed by atoms with Gasteiger partial charge in [-0.05, 0) is 17.9 Å². The molecule has 2 atom stereocenters. The Morgan fingerprint density at radius 1 is 1.20 bits per heavy atom. The molecule has 2 N–H and O–H groups in total. The summed E-state index contributed by atoms with van der Waals surface area (Å²) in [6, 6.07) is 7.60. The van der Waals surface area contributed by atoms with Crippen LogP contribution in [0.1, 0.15) is 44.1 Å². The molecule has 0 unspecified atom stereocenters. The summed E-state index contributed by atoms with van der Waals surface area (Å²) in [5.74, 6) is -0.349. The Balaban J connectivity index is 1.52. The van der Waals surface area contributed by atoms with Gasteiger partial charge in [0.2, 0.25) is 5.91 Å². The van der Waals surface area contributed by atoms with E-state index < -0.39 is 18.1 Å². The standard InChI is InChI=1S/C22H26N4O3S/c27-19(25-21-23-11-12-30-21)18(14-16-9-5-2-6-10-16)26-20(28)17(24-22(26)29)13-15-7-3-1-4-8-15/h1,3-4,7-8,11-12,16-18H,2,5-6,9-10,13-14H2,(H,24,29)(H,23,25,27)/t17-,18-/m0/s1. The number of carbonyl (C=O) groups excluding carboxylic acids is 3. The molecule has 1 saturated carbocycles. The summed E-state index contributed by atoms with van der Waals surface area (Å²) in [7, 11) is 0. The highest BCUT2D eigenvalue weighted by Gasteiger charge is 2.45. The smallest absolute Gasteiger partial charge is 0.325 e. The van der Waals surface area contributed by atoms with Crippen molar-refractivity contribution in [1.82, 2.24) is 15.2 Å². The number of rotatable bonds is 7. The third kappa shape index (κ3) is 4.70. The second-order valence-electron chi connectivity index (χ2n) is 7.98. The highest BCUT2D eigenvalue weighted by Crippen LogP contribution is 2.30. The van der Waals surface area contributed by atoms with E-state index >= 15 is 0 Å². The lowest BCUT2D eigenvalue weighted by molar-refractivity contribution is -0.134. The second-order valence-corrected chi connectivity index (χ2v) is 8.88. The van der Waals surface area contributed by atoms with Crippen LogP contribution in [0.3, 0.4) is 0 Å². The molecular weight excluding hydrogens is 400 g/mol. The van der Waals surface area contributed by atoms with Crippen molar-refractivity contribution in [2.24, 2.45) is 5.92 Å². The predicted octanol–water partition coefficient (Wildman–Crippen LogP) is 3.58. The molecule has 1 aliphatic carbocycles. The van der Waals surface area contributed by atoms with Crippen molar-refractivity contribution >= 4 is 34.3 Å². The van der Waals surface area contributed by atoms with E-state index in [4.69, 9.17) is 0 Å². The van der Waals surface area contributed by atoms with E-state index in [-0.39, 0.29) is 11.8 Å². The summed E-state index contributed by atoms with van der Waals surface area (Å²) < 4.78 is 0. The zero-order chi connectivity index (χ0) is 20.9. The summed E-state index contributed by atoms with van der Waals surface area (Å²) in [6.07, 6.45) is 8.02. The van der Waals surface area contributed by atoms with Gasteiger partial charge in [0.15, 0.2) is 5.13 Å². The number of hydrogen-bond acceptors (Lipinski definition) is 5. The van der Waals surface area contributed by atoms with Crippen molar-refractivity contribution in [2.75, 3.05) is 5.32 Å². The number of carbonyl (C=O) groups is 3. The summed E-state index contributed by atoms with van der Waals surface area (Å²) in [5.41, 5.74) is 0.967. The normalized spacial score (nSPS) is 20.8.